The van der Waals surface area contributed by atoms with Gasteiger partial charge in [0.1, 0.15) is 0 Å². The van der Waals surface area contributed by atoms with Crippen molar-refractivity contribution in [1.82, 2.24) is 9.80 Å². The fraction of sp³-hybridized carbons (Fsp3) is 0.852. The third kappa shape index (κ3) is 3.30. The maximum Gasteiger partial charge on any atom is 0.250 e. The van der Waals surface area contributed by atoms with Gasteiger partial charge in [-0.2, -0.15) is 0 Å². The van der Waals surface area contributed by atoms with Gasteiger partial charge in [0.05, 0.1) is 0 Å². The van der Waals surface area contributed by atoms with Crippen molar-refractivity contribution in [1.29, 1.82) is 0 Å². The van der Waals surface area contributed by atoms with Gasteiger partial charge in [-0.05, 0) is 74.5 Å². The highest BCUT2D eigenvalue weighted by atomic mass is 16.2. The minimum absolute atomic E-state index is 0.0558. The lowest BCUT2D eigenvalue weighted by molar-refractivity contribution is -0.157. The Morgan fingerprint density at radius 1 is 0.968 bits per heavy atom. The second-order valence-corrected chi connectivity index (χ2v) is 11.9. The maximum atomic E-state index is 13.7. The molecule has 0 radical (unpaired) electrons. The number of piperidine rings is 1. The van der Waals surface area contributed by atoms with Crippen LogP contribution < -0.4 is 0 Å². The van der Waals surface area contributed by atoms with E-state index in [4.69, 9.17) is 0 Å². The van der Waals surface area contributed by atoms with Crippen LogP contribution in [0.3, 0.4) is 0 Å². The molecule has 0 aromatic heterocycles. The summed E-state index contributed by atoms with van der Waals surface area (Å²) >= 11 is 0. The number of likely N-dealkylation sites (tertiary alicyclic amines) is 2. The molecule has 5 rings (SSSR count). The number of amides is 2. The first kappa shape index (κ1) is 21.5. The summed E-state index contributed by atoms with van der Waals surface area (Å²) in [4.78, 5) is 30.3. The quantitative estimate of drug-likeness (QED) is 0.580. The molecule has 0 aromatic carbocycles. The Morgan fingerprint density at radius 3 is 2.42 bits per heavy atom. The second kappa shape index (κ2) is 7.92. The van der Waals surface area contributed by atoms with Gasteiger partial charge in [0.15, 0.2) is 0 Å². The minimum Gasteiger partial charge on any atom is -0.342 e. The molecule has 0 unspecified atom stereocenters. The number of allylic oxidation sites excluding steroid dienone is 1. The molecule has 2 amide bonds. The second-order valence-electron chi connectivity index (χ2n) is 11.9. The zero-order chi connectivity index (χ0) is 21.8. The minimum atomic E-state index is 0.0558. The fourth-order valence-electron chi connectivity index (χ4n) is 8.67. The Morgan fingerprint density at radius 2 is 1.68 bits per heavy atom. The number of hydrogen-bond donors (Lipinski definition) is 0. The predicted molar refractivity (Wildman–Crippen MR) is 123 cm³/mol. The van der Waals surface area contributed by atoms with Gasteiger partial charge in [-0.3, -0.25) is 9.59 Å². The molecule has 0 spiro atoms. The van der Waals surface area contributed by atoms with Crippen LogP contribution in [0, 0.1) is 28.6 Å². The number of hydrogen-bond acceptors (Lipinski definition) is 2. The molecule has 4 heteroatoms. The average molecular weight is 427 g/mol. The number of fused-ring (bicyclic) bond motifs is 5. The first-order chi connectivity index (χ1) is 14.9. The first-order valence-electron chi connectivity index (χ1n) is 13.1. The first-order valence-corrected chi connectivity index (χ1v) is 13.1. The van der Waals surface area contributed by atoms with E-state index in [1.807, 2.05) is 7.05 Å². The van der Waals surface area contributed by atoms with Gasteiger partial charge in [0.25, 0.3) is 0 Å². The summed E-state index contributed by atoms with van der Waals surface area (Å²) in [7, 11) is 2.04. The summed E-state index contributed by atoms with van der Waals surface area (Å²) in [5.41, 5.74) is 1.46. The molecular weight excluding hydrogens is 384 g/mol. The van der Waals surface area contributed by atoms with Crippen LogP contribution in [0.4, 0.5) is 0 Å². The number of carbonyl (C=O) groups is 2. The Labute approximate surface area is 188 Å². The highest BCUT2D eigenvalue weighted by molar-refractivity contribution is 5.95. The van der Waals surface area contributed by atoms with Crippen molar-refractivity contribution in [3.05, 3.63) is 11.6 Å². The van der Waals surface area contributed by atoms with Crippen molar-refractivity contribution in [2.24, 2.45) is 28.6 Å². The van der Waals surface area contributed by atoms with Gasteiger partial charge in [0, 0.05) is 43.6 Å². The smallest absolute Gasteiger partial charge is 0.250 e. The van der Waals surface area contributed by atoms with Gasteiger partial charge in [-0.25, -0.2) is 0 Å². The summed E-state index contributed by atoms with van der Waals surface area (Å²) < 4.78 is 0. The lowest BCUT2D eigenvalue weighted by Gasteiger charge is -2.61. The molecule has 5 aliphatic rings. The summed E-state index contributed by atoms with van der Waals surface area (Å²) in [5.74, 6) is 2.71. The van der Waals surface area contributed by atoms with Crippen LogP contribution in [-0.2, 0) is 9.59 Å². The summed E-state index contributed by atoms with van der Waals surface area (Å²) in [6.45, 7) is 6.79. The van der Waals surface area contributed by atoms with E-state index in [2.05, 4.69) is 29.7 Å². The van der Waals surface area contributed by atoms with Crippen LogP contribution in [-0.4, -0.2) is 47.8 Å². The summed E-state index contributed by atoms with van der Waals surface area (Å²) in [5, 5.41) is 0. The van der Waals surface area contributed by atoms with Crippen LogP contribution in [0.2, 0.25) is 0 Å². The summed E-state index contributed by atoms with van der Waals surface area (Å²) in [6, 6.07) is 0.413. The van der Waals surface area contributed by atoms with Crippen LogP contribution in [0.5, 0.6) is 0 Å². The molecule has 31 heavy (non-hydrogen) atoms. The van der Waals surface area contributed by atoms with Gasteiger partial charge in [0.2, 0.25) is 11.8 Å². The highest BCUT2D eigenvalue weighted by Gasteiger charge is 2.60. The zero-order valence-electron chi connectivity index (χ0n) is 20.0. The molecule has 6 atom stereocenters. The van der Waals surface area contributed by atoms with Crippen LogP contribution in [0.15, 0.2) is 11.6 Å². The topological polar surface area (TPSA) is 40.6 Å². The van der Waals surface area contributed by atoms with E-state index < -0.39 is 0 Å². The number of nitrogens with zero attached hydrogens (tertiary/aromatic N) is 2. The van der Waals surface area contributed by atoms with Crippen molar-refractivity contribution in [3.8, 4) is 0 Å². The Balaban J connectivity index is 1.35. The van der Waals surface area contributed by atoms with E-state index in [0.29, 0.717) is 42.0 Å². The highest BCUT2D eigenvalue weighted by Crippen LogP contribution is 2.64. The third-order valence-electron chi connectivity index (χ3n) is 10.5. The van der Waals surface area contributed by atoms with E-state index in [0.717, 1.165) is 57.2 Å². The standard InChI is InChI=1S/C27H42N2O2/c1-26-15-13-21-19(9-12-23-27(21,2)16-14-24(30)28(23)3)20(26)10-11-22(26)25(31)29-17-7-5-4-6-8-18-29/h11,19-21,23H,4-10,12-18H2,1-3H3/t19-,20-,21-,23+,26-,27+/m0/s1. The van der Waals surface area contributed by atoms with Crippen molar-refractivity contribution >= 4 is 11.8 Å². The van der Waals surface area contributed by atoms with E-state index in [1.54, 1.807) is 0 Å². The van der Waals surface area contributed by atoms with E-state index >= 15 is 0 Å². The predicted octanol–water partition coefficient (Wildman–Crippen LogP) is 5.18. The molecule has 2 aliphatic heterocycles. The van der Waals surface area contributed by atoms with Crippen LogP contribution >= 0.6 is 0 Å². The molecule has 4 fully saturated rings. The van der Waals surface area contributed by atoms with Gasteiger partial charge < -0.3 is 9.80 Å². The van der Waals surface area contributed by atoms with E-state index in [-0.39, 0.29) is 10.8 Å². The normalized spacial score (nSPS) is 43.3. The molecular formula is C27H42N2O2. The van der Waals surface area contributed by atoms with Crippen molar-refractivity contribution in [2.45, 2.75) is 96.9 Å². The maximum absolute atomic E-state index is 13.7. The molecule has 2 saturated heterocycles. The van der Waals surface area contributed by atoms with Crippen molar-refractivity contribution in [3.63, 3.8) is 0 Å². The zero-order valence-corrected chi connectivity index (χ0v) is 20.0. The molecule has 2 saturated carbocycles. The van der Waals surface area contributed by atoms with Crippen molar-refractivity contribution < 1.29 is 9.59 Å². The average Bonchev–Trinajstić information content (AvgIpc) is 3.08. The third-order valence-corrected chi connectivity index (χ3v) is 10.5. The molecule has 4 nitrogen and oxygen atoms in total. The van der Waals surface area contributed by atoms with Gasteiger partial charge >= 0.3 is 0 Å². The Bertz CT molecular complexity index is 767. The van der Waals surface area contributed by atoms with Crippen LogP contribution in [0.1, 0.15) is 90.9 Å². The number of rotatable bonds is 1. The Hall–Kier alpha value is -1.32. The monoisotopic (exact) mass is 426 g/mol. The molecule has 0 bridgehead atoms. The lowest BCUT2D eigenvalue weighted by atomic mass is 9.47. The molecule has 172 valence electrons. The molecule has 0 aromatic rings. The molecule has 3 aliphatic carbocycles. The lowest BCUT2D eigenvalue weighted by Crippen LogP contribution is -2.61. The molecule has 2 heterocycles. The SMILES string of the molecule is CN1C(=O)CC[C@]2(C)[C@H]3CC[C@]4(C)C(C(=O)N5CCCCCCC5)=CC[C@H]4[C@@H]3CC[C@@H]12. The van der Waals surface area contributed by atoms with Gasteiger partial charge in [-0.15, -0.1) is 0 Å². The number of carbonyl (C=O) groups excluding carboxylic acids is 2. The van der Waals surface area contributed by atoms with Crippen molar-refractivity contribution in [2.75, 3.05) is 20.1 Å². The largest absolute Gasteiger partial charge is 0.342 e. The van der Waals surface area contributed by atoms with Gasteiger partial charge in [-0.1, -0.05) is 39.2 Å². The molecule has 0 N–H and O–H groups in total. The summed E-state index contributed by atoms with van der Waals surface area (Å²) in [6.07, 6.45) is 16.1. The fourth-order valence-corrected chi connectivity index (χ4v) is 8.67. The Kier molecular flexibility index (Phi) is 5.50. The van der Waals surface area contributed by atoms with E-state index in [1.165, 1.54) is 32.1 Å². The van der Waals surface area contributed by atoms with E-state index in [9.17, 15) is 9.59 Å². The van der Waals surface area contributed by atoms with Crippen LogP contribution in [0.25, 0.3) is 0 Å².